The molecule has 5 heteroatoms. The van der Waals surface area contributed by atoms with Crippen LogP contribution in [0.3, 0.4) is 0 Å². The number of aromatic nitrogens is 2. The SMILES string of the molecule is COc1ccn2c(CCC(=O)O)cnc2c1. The van der Waals surface area contributed by atoms with E-state index in [0.717, 1.165) is 17.1 Å². The summed E-state index contributed by atoms with van der Waals surface area (Å²) in [5.74, 6) is -0.0636. The van der Waals surface area contributed by atoms with Gasteiger partial charge in [0.2, 0.25) is 0 Å². The predicted molar refractivity (Wildman–Crippen MR) is 57.7 cm³/mol. The third kappa shape index (κ3) is 1.98. The van der Waals surface area contributed by atoms with Crippen LogP contribution in [-0.4, -0.2) is 27.6 Å². The Balaban J connectivity index is 2.30. The first-order valence-corrected chi connectivity index (χ1v) is 4.92. The Morgan fingerprint density at radius 2 is 2.44 bits per heavy atom. The molecule has 2 aromatic rings. The molecule has 0 aromatic carbocycles. The quantitative estimate of drug-likeness (QED) is 0.845. The summed E-state index contributed by atoms with van der Waals surface area (Å²) in [5, 5.41) is 8.62. The molecule has 0 aliphatic carbocycles. The highest BCUT2D eigenvalue weighted by atomic mass is 16.5. The Kier molecular flexibility index (Phi) is 2.76. The first kappa shape index (κ1) is 10.5. The molecule has 0 unspecified atom stereocenters. The highest BCUT2D eigenvalue weighted by Gasteiger charge is 2.06. The number of hydrogen-bond acceptors (Lipinski definition) is 3. The summed E-state index contributed by atoms with van der Waals surface area (Å²) in [6.45, 7) is 0. The number of aliphatic carboxylic acids is 1. The van der Waals surface area contributed by atoms with E-state index < -0.39 is 5.97 Å². The van der Waals surface area contributed by atoms with E-state index in [4.69, 9.17) is 9.84 Å². The lowest BCUT2D eigenvalue weighted by Crippen LogP contribution is -2.00. The molecule has 2 rings (SSSR count). The first-order valence-electron chi connectivity index (χ1n) is 4.92. The van der Waals surface area contributed by atoms with Crippen LogP contribution in [0.15, 0.2) is 24.5 Å². The monoisotopic (exact) mass is 220 g/mol. The number of pyridine rings is 1. The van der Waals surface area contributed by atoms with Gasteiger partial charge >= 0.3 is 5.97 Å². The average Bonchev–Trinajstić information content (AvgIpc) is 2.68. The maximum atomic E-state index is 10.5. The standard InChI is InChI=1S/C11H12N2O3/c1-16-9-4-5-13-8(2-3-11(14)15)7-12-10(13)6-9/h4-7H,2-3H2,1H3,(H,14,15). The molecule has 2 heterocycles. The number of carboxylic acid groups (broad SMARTS) is 1. The molecule has 0 bridgehead atoms. The highest BCUT2D eigenvalue weighted by Crippen LogP contribution is 2.15. The van der Waals surface area contributed by atoms with Gasteiger partial charge in [-0.1, -0.05) is 0 Å². The van der Waals surface area contributed by atoms with Crippen LogP contribution in [0.5, 0.6) is 5.75 Å². The summed E-state index contributed by atoms with van der Waals surface area (Å²) in [4.78, 5) is 14.7. The second-order valence-corrected chi connectivity index (χ2v) is 3.44. The van der Waals surface area contributed by atoms with Gasteiger partial charge in [0, 0.05) is 30.6 Å². The van der Waals surface area contributed by atoms with Crippen LogP contribution in [-0.2, 0) is 11.2 Å². The van der Waals surface area contributed by atoms with Gasteiger partial charge in [-0.05, 0) is 6.07 Å². The van der Waals surface area contributed by atoms with E-state index >= 15 is 0 Å². The molecule has 2 aromatic heterocycles. The number of rotatable bonds is 4. The summed E-state index contributed by atoms with van der Waals surface area (Å²) in [5.41, 5.74) is 1.65. The van der Waals surface area contributed by atoms with Crippen LogP contribution in [0.4, 0.5) is 0 Å². The minimum absolute atomic E-state index is 0.111. The highest BCUT2D eigenvalue weighted by molar-refractivity contribution is 5.67. The Morgan fingerprint density at radius 1 is 1.62 bits per heavy atom. The molecule has 0 aliphatic heterocycles. The summed E-state index contributed by atoms with van der Waals surface area (Å²) >= 11 is 0. The van der Waals surface area contributed by atoms with E-state index in [1.165, 1.54) is 0 Å². The van der Waals surface area contributed by atoms with Crippen LogP contribution in [0, 0.1) is 0 Å². The number of hydrogen-bond donors (Lipinski definition) is 1. The third-order valence-electron chi connectivity index (χ3n) is 2.39. The van der Waals surface area contributed by atoms with Crippen LogP contribution in [0.2, 0.25) is 0 Å². The smallest absolute Gasteiger partial charge is 0.303 e. The van der Waals surface area contributed by atoms with E-state index in [9.17, 15) is 4.79 Å². The number of aryl methyl sites for hydroxylation is 1. The van der Waals surface area contributed by atoms with Crippen LogP contribution in [0.25, 0.3) is 5.65 Å². The van der Waals surface area contributed by atoms with Crippen molar-refractivity contribution in [2.45, 2.75) is 12.8 Å². The Hall–Kier alpha value is -2.04. The lowest BCUT2D eigenvalue weighted by Gasteiger charge is -2.02. The molecular weight excluding hydrogens is 208 g/mol. The molecule has 84 valence electrons. The van der Waals surface area contributed by atoms with E-state index in [0.29, 0.717) is 6.42 Å². The first-order chi connectivity index (χ1) is 7.70. The van der Waals surface area contributed by atoms with E-state index in [1.54, 1.807) is 13.3 Å². The molecule has 16 heavy (non-hydrogen) atoms. The molecular formula is C11H12N2O3. The lowest BCUT2D eigenvalue weighted by atomic mass is 10.2. The van der Waals surface area contributed by atoms with Gasteiger partial charge in [-0.15, -0.1) is 0 Å². The summed E-state index contributed by atoms with van der Waals surface area (Å²) in [6.07, 6.45) is 4.11. The molecule has 0 fully saturated rings. The van der Waals surface area contributed by atoms with Gasteiger partial charge in [0.15, 0.2) is 0 Å². The fourth-order valence-electron chi connectivity index (χ4n) is 1.56. The molecule has 0 spiro atoms. The Morgan fingerprint density at radius 3 is 3.12 bits per heavy atom. The maximum Gasteiger partial charge on any atom is 0.303 e. The average molecular weight is 220 g/mol. The number of nitrogens with zero attached hydrogens (tertiary/aromatic N) is 2. The Labute approximate surface area is 92.3 Å². The zero-order valence-electron chi connectivity index (χ0n) is 8.88. The zero-order chi connectivity index (χ0) is 11.5. The van der Waals surface area contributed by atoms with Gasteiger partial charge in [0.25, 0.3) is 0 Å². The van der Waals surface area contributed by atoms with E-state index in [1.807, 2.05) is 22.7 Å². The van der Waals surface area contributed by atoms with Crippen molar-refractivity contribution in [1.82, 2.24) is 9.38 Å². The largest absolute Gasteiger partial charge is 0.497 e. The second-order valence-electron chi connectivity index (χ2n) is 3.44. The normalized spacial score (nSPS) is 10.6. The van der Waals surface area contributed by atoms with E-state index in [2.05, 4.69) is 4.98 Å². The van der Waals surface area contributed by atoms with Crippen molar-refractivity contribution >= 4 is 11.6 Å². The number of methoxy groups -OCH3 is 1. The van der Waals surface area contributed by atoms with Gasteiger partial charge < -0.3 is 14.2 Å². The van der Waals surface area contributed by atoms with Gasteiger partial charge in [0.1, 0.15) is 11.4 Å². The van der Waals surface area contributed by atoms with Crippen LogP contribution < -0.4 is 4.74 Å². The van der Waals surface area contributed by atoms with Crippen molar-refractivity contribution in [1.29, 1.82) is 0 Å². The van der Waals surface area contributed by atoms with Gasteiger partial charge in [-0.25, -0.2) is 4.98 Å². The van der Waals surface area contributed by atoms with Crippen molar-refractivity contribution in [3.05, 3.63) is 30.2 Å². The topological polar surface area (TPSA) is 63.8 Å². The number of carboxylic acids is 1. The van der Waals surface area contributed by atoms with Crippen molar-refractivity contribution in [3.63, 3.8) is 0 Å². The number of carbonyl (C=O) groups is 1. The van der Waals surface area contributed by atoms with Gasteiger partial charge in [-0.3, -0.25) is 4.79 Å². The van der Waals surface area contributed by atoms with Crippen molar-refractivity contribution in [2.75, 3.05) is 7.11 Å². The Bertz CT molecular complexity index is 519. The van der Waals surface area contributed by atoms with Crippen LogP contribution in [0.1, 0.15) is 12.1 Å². The molecule has 0 saturated heterocycles. The van der Waals surface area contributed by atoms with Gasteiger partial charge in [0.05, 0.1) is 13.5 Å². The number of fused-ring (bicyclic) bond motifs is 1. The fraction of sp³-hybridized carbons (Fsp3) is 0.273. The molecule has 0 radical (unpaired) electrons. The van der Waals surface area contributed by atoms with Crippen molar-refractivity contribution in [3.8, 4) is 5.75 Å². The number of ether oxygens (including phenoxy) is 1. The summed E-state index contributed by atoms with van der Waals surface area (Å²) < 4.78 is 6.95. The predicted octanol–water partition coefficient (Wildman–Crippen LogP) is 1.36. The summed E-state index contributed by atoms with van der Waals surface area (Å²) in [6, 6.07) is 3.63. The molecule has 0 saturated carbocycles. The van der Waals surface area contributed by atoms with Gasteiger partial charge in [-0.2, -0.15) is 0 Å². The molecule has 1 N–H and O–H groups in total. The number of imidazole rings is 1. The minimum atomic E-state index is -0.802. The fourth-order valence-corrected chi connectivity index (χ4v) is 1.56. The molecule has 5 nitrogen and oxygen atoms in total. The maximum absolute atomic E-state index is 10.5. The van der Waals surface area contributed by atoms with E-state index in [-0.39, 0.29) is 6.42 Å². The van der Waals surface area contributed by atoms with Crippen molar-refractivity contribution < 1.29 is 14.6 Å². The summed E-state index contributed by atoms with van der Waals surface area (Å²) in [7, 11) is 1.60. The molecule has 0 aliphatic rings. The van der Waals surface area contributed by atoms with Crippen LogP contribution >= 0.6 is 0 Å². The molecule has 0 amide bonds. The third-order valence-corrected chi connectivity index (χ3v) is 2.39. The zero-order valence-corrected chi connectivity index (χ0v) is 8.88. The minimum Gasteiger partial charge on any atom is -0.497 e. The second kappa shape index (κ2) is 4.22. The lowest BCUT2D eigenvalue weighted by molar-refractivity contribution is -0.136. The molecule has 0 atom stereocenters. The van der Waals surface area contributed by atoms with Crippen molar-refractivity contribution in [2.24, 2.45) is 0 Å².